The molecule has 0 aliphatic rings. The minimum atomic E-state index is -1.02. The number of hydrogen-bond acceptors (Lipinski definition) is 2. The number of carbonyl (C=O) groups is 1. The van der Waals surface area contributed by atoms with Gasteiger partial charge in [0.1, 0.15) is 0 Å². The fourth-order valence-corrected chi connectivity index (χ4v) is 0.665. The maximum absolute atomic E-state index is 10.4. The minimum Gasteiger partial charge on any atom is -0.478 e. The molecule has 0 radical (unpaired) electrons. The molecule has 0 aliphatic heterocycles. The molecule has 3 heteroatoms. The van der Waals surface area contributed by atoms with Crippen molar-refractivity contribution in [3.05, 3.63) is 36.7 Å². The van der Waals surface area contributed by atoms with Gasteiger partial charge in [-0.2, -0.15) is 0 Å². The second-order valence-corrected chi connectivity index (χ2v) is 2.03. The van der Waals surface area contributed by atoms with E-state index in [1.54, 1.807) is 18.3 Å². The highest BCUT2D eigenvalue weighted by molar-refractivity contribution is 6.14. The molecule has 0 atom stereocenters. The summed E-state index contributed by atoms with van der Waals surface area (Å²) in [6.07, 6.45) is 3.05. The number of aliphatic carboxylic acids is 1. The standard InChI is InChI=1S/C8H7NO2/c1-6(8(10)11)7-3-2-4-9-5-7/h2-5H,1H2,(H,10,11). The molecule has 0 saturated carbocycles. The monoisotopic (exact) mass is 149 g/mol. The van der Waals surface area contributed by atoms with Gasteiger partial charge < -0.3 is 5.11 Å². The molecular formula is C8H7NO2. The molecule has 1 rings (SSSR count). The molecule has 1 N–H and O–H groups in total. The maximum atomic E-state index is 10.4. The highest BCUT2D eigenvalue weighted by Gasteiger charge is 2.05. The van der Waals surface area contributed by atoms with E-state index in [9.17, 15) is 4.79 Å². The number of aromatic nitrogens is 1. The van der Waals surface area contributed by atoms with E-state index < -0.39 is 5.97 Å². The lowest BCUT2D eigenvalue weighted by atomic mass is 10.1. The third kappa shape index (κ3) is 1.64. The van der Waals surface area contributed by atoms with E-state index in [0.29, 0.717) is 5.56 Å². The van der Waals surface area contributed by atoms with Crippen LogP contribution in [0.4, 0.5) is 0 Å². The predicted octanol–water partition coefficient (Wildman–Crippen LogP) is 1.18. The second kappa shape index (κ2) is 2.96. The van der Waals surface area contributed by atoms with Crippen LogP contribution in [0.5, 0.6) is 0 Å². The van der Waals surface area contributed by atoms with Gasteiger partial charge in [0.05, 0.1) is 5.57 Å². The number of nitrogens with zero attached hydrogens (tertiary/aromatic N) is 1. The third-order valence-corrected chi connectivity index (χ3v) is 1.27. The molecule has 0 saturated heterocycles. The smallest absolute Gasteiger partial charge is 0.335 e. The van der Waals surface area contributed by atoms with E-state index in [1.807, 2.05) is 0 Å². The molecule has 0 aliphatic carbocycles. The van der Waals surface area contributed by atoms with Crippen LogP contribution in [-0.2, 0) is 4.79 Å². The van der Waals surface area contributed by atoms with Gasteiger partial charge in [0.25, 0.3) is 0 Å². The summed E-state index contributed by atoms with van der Waals surface area (Å²) in [7, 11) is 0. The lowest BCUT2D eigenvalue weighted by Crippen LogP contribution is -1.97. The van der Waals surface area contributed by atoms with Crippen molar-refractivity contribution in [2.45, 2.75) is 0 Å². The van der Waals surface area contributed by atoms with Gasteiger partial charge in [-0.15, -0.1) is 0 Å². The summed E-state index contributed by atoms with van der Waals surface area (Å²) in [4.78, 5) is 14.1. The molecule has 1 aromatic heterocycles. The minimum absolute atomic E-state index is 0.0677. The van der Waals surface area contributed by atoms with E-state index in [4.69, 9.17) is 5.11 Å². The molecule has 0 bridgehead atoms. The van der Waals surface area contributed by atoms with Crippen molar-refractivity contribution in [2.24, 2.45) is 0 Å². The first kappa shape index (κ1) is 7.47. The Hall–Kier alpha value is -1.64. The van der Waals surface area contributed by atoms with Gasteiger partial charge in [0, 0.05) is 18.0 Å². The van der Waals surface area contributed by atoms with Crippen molar-refractivity contribution < 1.29 is 9.90 Å². The fraction of sp³-hybridized carbons (Fsp3) is 0. The van der Waals surface area contributed by atoms with Crippen LogP contribution in [0.15, 0.2) is 31.1 Å². The summed E-state index contributed by atoms with van der Waals surface area (Å²) in [6, 6.07) is 3.33. The van der Waals surface area contributed by atoms with Crippen LogP contribution in [0, 0.1) is 0 Å². The fourth-order valence-electron chi connectivity index (χ4n) is 0.665. The van der Waals surface area contributed by atoms with Crippen molar-refractivity contribution in [1.82, 2.24) is 4.98 Å². The van der Waals surface area contributed by atoms with Crippen molar-refractivity contribution in [1.29, 1.82) is 0 Å². The van der Waals surface area contributed by atoms with Crippen LogP contribution in [0.25, 0.3) is 5.57 Å². The van der Waals surface area contributed by atoms with Crippen molar-refractivity contribution >= 4 is 11.5 Å². The molecule has 0 amide bonds. The molecule has 0 aromatic carbocycles. The first-order chi connectivity index (χ1) is 5.22. The Morgan fingerprint density at radius 2 is 2.36 bits per heavy atom. The molecule has 3 nitrogen and oxygen atoms in total. The molecule has 11 heavy (non-hydrogen) atoms. The second-order valence-electron chi connectivity index (χ2n) is 2.03. The summed E-state index contributed by atoms with van der Waals surface area (Å²) in [5.41, 5.74) is 0.609. The average Bonchev–Trinajstić information content (AvgIpc) is 2.05. The van der Waals surface area contributed by atoms with Crippen LogP contribution < -0.4 is 0 Å². The maximum Gasteiger partial charge on any atom is 0.335 e. The molecule has 0 unspecified atom stereocenters. The zero-order valence-electron chi connectivity index (χ0n) is 5.82. The zero-order chi connectivity index (χ0) is 8.27. The van der Waals surface area contributed by atoms with E-state index in [2.05, 4.69) is 11.6 Å². The van der Waals surface area contributed by atoms with Gasteiger partial charge in [0.15, 0.2) is 0 Å². The quantitative estimate of drug-likeness (QED) is 0.642. The van der Waals surface area contributed by atoms with E-state index in [1.165, 1.54) is 6.20 Å². The average molecular weight is 149 g/mol. The highest BCUT2D eigenvalue weighted by atomic mass is 16.4. The Labute approximate surface area is 64.0 Å². The zero-order valence-corrected chi connectivity index (χ0v) is 5.82. The Balaban J connectivity index is 2.95. The van der Waals surface area contributed by atoms with Crippen LogP contribution in [-0.4, -0.2) is 16.1 Å². The van der Waals surface area contributed by atoms with Crippen molar-refractivity contribution in [3.8, 4) is 0 Å². The summed E-state index contributed by atoms with van der Waals surface area (Å²) >= 11 is 0. The molecule has 1 aromatic rings. The first-order valence-corrected chi connectivity index (χ1v) is 3.04. The molecule has 56 valence electrons. The van der Waals surface area contributed by atoms with Gasteiger partial charge in [-0.1, -0.05) is 12.6 Å². The van der Waals surface area contributed by atoms with Crippen molar-refractivity contribution in [2.75, 3.05) is 0 Å². The lowest BCUT2D eigenvalue weighted by molar-refractivity contribution is -0.130. The van der Waals surface area contributed by atoms with Gasteiger partial charge in [-0.3, -0.25) is 4.98 Å². The first-order valence-electron chi connectivity index (χ1n) is 3.04. The normalized spacial score (nSPS) is 9.09. The van der Waals surface area contributed by atoms with E-state index >= 15 is 0 Å². The van der Waals surface area contributed by atoms with Crippen LogP contribution >= 0.6 is 0 Å². The number of rotatable bonds is 2. The summed E-state index contributed by atoms with van der Waals surface area (Å²) in [5.74, 6) is -1.02. The Bertz CT molecular complexity index is 279. The predicted molar refractivity (Wildman–Crippen MR) is 40.9 cm³/mol. The topological polar surface area (TPSA) is 50.2 Å². The largest absolute Gasteiger partial charge is 0.478 e. The lowest BCUT2D eigenvalue weighted by Gasteiger charge is -1.96. The van der Waals surface area contributed by atoms with Crippen LogP contribution in [0.1, 0.15) is 5.56 Å². The Morgan fingerprint density at radius 1 is 1.64 bits per heavy atom. The third-order valence-electron chi connectivity index (χ3n) is 1.27. The summed E-state index contributed by atoms with van der Waals surface area (Å²) in [5, 5.41) is 8.51. The Kier molecular flexibility index (Phi) is 2.01. The van der Waals surface area contributed by atoms with Gasteiger partial charge in [0.2, 0.25) is 0 Å². The summed E-state index contributed by atoms with van der Waals surface area (Å²) < 4.78 is 0. The number of hydrogen-bond donors (Lipinski definition) is 1. The SMILES string of the molecule is C=C(C(=O)O)c1cccnc1. The van der Waals surface area contributed by atoms with Crippen molar-refractivity contribution in [3.63, 3.8) is 0 Å². The number of pyridine rings is 1. The molecular weight excluding hydrogens is 142 g/mol. The molecule has 0 spiro atoms. The summed E-state index contributed by atoms with van der Waals surface area (Å²) in [6.45, 7) is 3.38. The highest BCUT2D eigenvalue weighted by Crippen LogP contribution is 2.08. The molecule has 0 fully saturated rings. The van der Waals surface area contributed by atoms with Crippen LogP contribution in [0.2, 0.25) is 0 Å². The molecule has 1 heterocycles. The number of carboxylic acid groups (broad SMARTS) is 1. The number of carboxylic acids is 1. The van der Waals surface area contributed by atoms with E-state index in [0.717, 1.165) is 0 Å². The van der Waals surface area contributed by atoms with Gasteiger partial charge >= 0.3 is 5.97 Å². The van der Waals surface area contributed by atoms with Gasteiger partial charge in [-0.05, 0) is 6.07 Å². The Morgan fingerprint density at radius 3 is 2.82 bits per heavy atom. The van der Waals surface area contributed by atoms with Crippen LogP contribution in [0.3, 0.4) is 0 Å². The van der Waals surface area contributed by atoms with E-state index in [-0.39, 0.29) is 5.57 Å². The van der Waals surface area contributed by atoms with Gasteiger partial charge in [-0.25, -0.2) is 4.79 Å².